The summed E-state index contributed by atoms with van der Waals surface area (Å²) in [7, 11) is 0. The summed E-state index contributed by atoms with van der Waals surface area (Å²) in [6.45, 7) is 0.842. The highest BCUT2D eigenvalue weighted by Gasteiger charge is 2.34. The first kappa shape index (κ1) is 15.4. The first-order valence-electron chi connectivity index (χ1n) is 8.37. The van der Waals surface area contributed by atoms with Crippen LogP contribution in [0, 0.1) is 5.92 Å². The van der Waals surface area contributed by atoms with Gasteiger partial charge in [0.25, 0.3) is 0 Å². The van der Waals surface area contributed by atoms with Gasteiger partial charge >= 0.3 is 0 Å². The van der Waals surface area contributed by atoms with Crippen molar-refractivity contribution in [2.24, 2.45) is 5.92 Å². The van der Waals surface area contributed by atoms with Crippen LogP contribution in [0.2, 0.25) is 0 Å². The van der Waals surface area contributed by atoms with Gasteiger partial charge in [0, 0.05) is 41.4 Å². The van der Waals surface area contributed by atoms with E-state index in [-0.39, 0.29) is 17.9 Å². The number of aromatic nitrogens is 3. The molecule has 1 N–H and O–H groups in total. The zero-order valence-corrected chi connectivity index (χ0v) is 14.2. The monoisotopic (exact) mass is 340 g/mol. The molecule has 1 fully saturated rings. The minimum absolute atomic E-state index is 0.0443. The lowest BCUT2D eigenvalue weighted by Crippen LogP contribution is -2.41. The van der Waals surface area contributed by atoms with Crippen molar-refractivity contribution in [3.63, 3.8) is 0 Å². The van der Waals surface area contributed by atoms with Gasteiger partial charge in [-0.15, -0.1) is 11.8 Å². The largest absolute Gasteiger partial charge is 0.335 e. The first-order valence-corrected chi connectivity index (χ1v) is 9.35. The van der Waals surface area contributed by atoms with E-state index in [0.717, 1.165) is 41.2 Å². The normalized spacial score (nSPS) is 24.0. The highest BCUT2D eigenvalue weighted by atomic mass is 32.2. The minimum atomic E-state index is -0.0443. The van der Waals surface area contributed by atoms with Crippen LogP contribution < -0.4 is 0 Å². The predicted molar refractivity (Wildman–Crippen MR) is 95.1 cm³/mol. The number of amides is 1. The van der Waals surface area contributed by atoms with Gasteiger partial charge in [0.2, 0.25) is 5.91 Å². The fourth-order valence-corrected chi connectivity index (χ4v) is 4.63. The topological polar surface area (TPSA) is 61.9 Å². The van der Waals surface area contributed by atoms with Crippen molar-refractivity contribution < 1.29 is 4.79 Å². The number of carbonyl (C=O) groups is 1. The highest BCUT2D eigenvalue weighted by molar-refractivity contribution is 8.08. The summed E-state index contributed by atoms with van der Waals surface area (Å²) in [6.07, 6.45) is 12.7. The number of hydrogen-bond donors (Lipinski definition) is 1. The second-order valence-corrected chi connectivity index (χ2v) is 7.33. The van der Waals surface area contributed by atoms with Gasteiger partial charge in [-0.2, -0.15) is 5.10 Å². The van der Waals surface area contributed by atoms with Gasteiger partial charge in [0.1, 0.15) is 0 Å². The summed E-state index contributed by atoms with van der Waals surface area (Å²) >= 11 is 1.74. The number of thioether (sulfide) groups is 1. The smallest absolute Gasteiger partial charge is 0.230 e. The summed E-state index contributed by atoms with van der Waals surface area (Å²) < 4.78 is 0. The third-order valence-corrected chi connectivity index (χ3v) is 5.93. The van der Waals surface area contributed by atoms with Crippen LogP contribution in [0.25, 0.3) is 4.91 Å². The van der Waals surface area contributed by atoms with E-state index in [4.69, 9.17) is 0 Å². The molecule has 5 nitrogen and oxygen atoms in total. The Bertz CT molecular complexity index is 729. The van der Waals surface area contributed by atoms with Gasteiger partial charge < -0.3 is 4.90 Å². The van der Waals surface area contributed by atoms with E-state index < -0.39 is 0 Å². The van der Waals surface area contributed by atoms with E-state index in [1.54, 1.807) is 18.0 Å². The van der Waals surface area contributed by atoms with Gasteiger partial charge in [-0.05, 0) is 30.9 Å². The standard InChI is InChI=1S/C18H20N4OS/c23-18(14-8-17(24-12-14)15-10-20-21-11-15)22-7-2-1-5-16(22)13-4-3-6-19-9-13/h3-4,6,8-11,14,16H,1-2,5,7,12H2,(H,20,21). The van der Waals surface area contributed by atoms with E-state index in [1.165, 1.54) is 6.42 Å². The molecule has 2 atom stereocenters. The molecule has 2 aromatic heterocycles. The van der Waals surface area contributed by atoms with Crippen LogP contribution in [0.1, 0.15) is 36.4 Å². The van der Waals surface area contributed by atoms with Crippen molar-refractivity contribution >= 4 is 22.6 Å². The molecule has 24 heavy (non-hydrogen) atoms. The predicted octanol–water partition coefficient (Wildman–Crippen LogP) is 3.26. The van der Waals surface area contributed by atoms with Crippen LogP contribution in [0.4, 0.5) is 0 Å². The average Bonchev–Trinajstić information content (AvgIpc) is 3.33. The maximum Gasteiger partial charge on any atom is 0.230 e. The van der Waals surface area contributed by atoms with Gasteiger partial charge in [0.15, 0.2) is 0 Å². The lowest BCUT2D eigenvalue weighted by atomic mass is 9.94. The molecule has 2 unspecified atom stereocenters. The Morgan fingerprint density at radius 1 is 1.33 bits per heavy atom. The molecule has 4 heterocycles. The van der Waals surface area contributed by atoms with Crippen LogP contribution in [0.5, 0.6) is 0 Å². The molecule has 0 aromatic carbocycles. The summed E-state index contributed by atoms with van der Waals surface area (Å²) in [5.74, 6) is 1.02. The number of piperidine rings is 1. The third-order valence-electron chi connectivity index (χ3n) is 4.73. The Kier molecular flexibility index (Phi) is 4.38. The number of aromatic amines is 1. The summed E-state index contributed by atoms with van der Waals surface area (Å²) in [4.78, 5) is 20.6. The van der Waals surface area contributed by atoms with Crippen LogP contribution in [0.3, 0.4) is 0 Å². The number of carbonyl (C=O) groups excluding carboxylic acids is 1. The van der Waals surface area contributed by atoms with E-state index in [1.807, 2.05) is 24.7 Å². The van der Waals surface area contributed by atoms with Crippen molar-refractivity contribution in [3.05, 3.63) is 54.1 Å². The number of H-pyrrole nitrogens is 1. The molecule has 2 aliphatic rings. The zero-order chi connectivity index (χ0) is 16.4. The van der Waals surface area contributed by atoms with Gasteiger partial charge in [-0.3, -0.25) is 14.9 Å². The second kappa shape index (κ2) is 6.81. The number of nitrogens with one attached hydrogen (secondary N) is 1. The summed E-state index contributed by atoms with van der Waals surface area (Å²) in [5.41, 5.74) is 2.22. The Hall–Kier alpha value is -2.08. The molecule has 2 aliphatic heterocycles. The highest BCUT2D eigenvalue weighted by Crippen LogP contribution is 2.39. The second-order valence-electron chi connectivity index (χ2n) is 6.26. The minimum Gasteiger partial charge on any atom is -0.335 e. The third kappa shape index (κ3) is 2.98. The van der Waals surface area contributed by atoms with Crippen molar-refractivity contribution in [1.82, 2.24) is 20.1 Å². The van der Waals surface area contributed by atoms with Crippen molar-refractivity contribution in [2.75, 3.05) is 12.3 Å². The zero-order valence-electron chi connectivity index (χ0n) is 13.4. The molecular weight excluding hydrogens is 320 g/mol. The number of likely N-dealkylation sites (tertiary alicyclic amines) is 1. The molecule has 1 amide bonds. The fraction of sp³-hybridized carbons (Fsp3) is 0.389. The van der Waals surface area contributed by atoms with Crippen LogP contribution in [0.15, 0.2) is 43.0 Å². The summed E-state index contributed by atoms with van der Waals surface area (Å²) in [6, 6.07) is 4.20. The van der Waals surface area contributed by atoms with Crippen molar-refractivity contribution in [3.8, 4) is 0 Å². The average molecular weight is 340 g/mol. The van der Waals surface area contributed by atoms with Crippen LogP contribution >= 0.6 is 11.8 Å². The SMILES string of the molecule is O=C(C1C=C(c2cn[nH]c2)SC1)N1CCCCC1c1cccnc1. The van der Waals surface area contributed by atoms with E-state index in [2.05, 4.69) is 32.2 Å². The van der Waals surface area contributed by atoms with Crippen LogP contribution in [-0.2, 0) is 4.79 Å². The Morgan fingerprint density at radius 3 is 3.08 bits per heavy atom. The molecule has 0 saturated carbocycles. The van der Waals surface area contributed by atoms with Crippen molar-refractivity contribution in [2.45, 2.75) is 25.3 Å². The van der Waals surface area contributed by atoms with Crippen LogP contribution in [-0.4, -0.2) is 38.3 Å². The first-order chi connectivity index (χ1) is 11.8. The summed E-state index contributed by atoms with van der Waals surface area (Å²) in [5, 5.41) is 6.83. The Morgan fingerprint density at radius 2 is 2.29 bits per heavy atom. The number of rotatable bonds is 3. The molecule has 6 heteroatoms. The molecule has 124 valence electrons. The number of pyridine rings is 1. The molecule has 1 saturated heterocycles. The lowest BCUT2D eigenvalue weighted by molar-refractivity contribution is -0.137. The maximum atomic E-state index is 13.1. The number of hydrogen-bond acceptors (Lipinski definition) is 4. The molecular formula is C18H20N4OS. The molecule has 4 rings (SSSR count). The molecule has 0 radical (unpaired) electrons. The van der Waals surface area contributed by atoms with Gasteiger partial charge in [0.05, 0.1) is 18.2 Å². The molecule has 2 aromatic rings. The van der Waals surface area contributed by atoms with Gasteiger partial charge in [-0.1, -0.05) is 12.1 Å². The fourth-order valence-electron chi connectivity index (χ4n) is 3.49. The van der Waals surface area contributed by atoms with E-state index in [9.17, 15) is 4.79 Å². The van der Waals surface area contributed by atoms with Gasteiger partial charge in [-0.25, -0.2) is 0 Å². The maximum absolute atomic E-state index is 13.1. The van der Waals surface area contributed by atoms with E-state index >= 15 is 0 Å². The van der Waals surface area contributed by atoms with Crippen molar-refractivity contribution in [1.29, 1.82) is 0 Å². The Labute approximate surface area is 145 Å². The molecule has 0 aliphatic carbocycles. The molecule has 0 bridgehead atoms. The van der Waals surface area contributed by atoms with E-state index in [0.29, 0.717) is 0 Å². The number of nitrogens with zero attached hydrogens (tertiary/aromatic N) is 3. The Balaban J connectivity index is 1.54. The lowest BCUT2D eigenvalue weighted by Gasteiger charge is -2.37. The quantitative estimate of drug-likeness (QED) is 0.931. The molecule has 0 spiro atoms.